The summed E-state index contributed by atoms with van der Waals surface area (Å²) in [4.78, 5) is 37.8. The molecular formula is C94H160NO8+. The van der Waals surface area contributed by atoms with Gasteiger partial charge in [-0.3, -0.25) is 9.59 Å². The second kappa shape index (κ2) is 82.6. The number of carbonyl (C=O) groups is 3. The van der Waals surface area contributed by atoms with Gasteiger partial charge in [0.05, 0.1) is 34.4 Å². The monoisotopic (exact) mass is 1430 g/mol. The zero-order chi connectivity index (χ0) is 74.6. The van der Waals surface area contributed by atoms with Gasteiger partial charge in [-0.1, -0.05) is 377 Å². The Balaban J connectivity index is 4.05. The number of allylic oxidation sites excluding steroid dienone is 26. The molecule has 0 radical (unpaired) electrons. The molecule has 588 valence electrons. The Kier molecular flexibility index (Phi) is 78.5. The van der Waals surface area contributed by atoms with Gasteiger partial charge in [0, 0.05) is 12.8 Å². The molecular weight excluding hydrogens is 1270 g/mol. The SMILES string of the molecule is CC/C=C\C/C=C\C/C=C\C/C=C\C/C=C\C/C=C\C/C=C\C/C=C\C/C=C\C/C=C\CCCCCCCCC(=O)OC(COC(=O)CCCCCCCCCCCCCCCCCCCCCCCCCCCC/C=C\C/C=C\C/C=C\CCCCCCC)COC(OCC[N+](C)(C)C)C(=O)O. The van der Waals surface area contributed by atoms with Gasteiger partial charge in [0.25, 0.3) is 6.29 Å². The highest BCUT2D eigenvalue weighted by atomic mass is 16.7. The molecule has 0 aromatic rings. The minimum Gasteiger partial charge on any atom is -0.477 e. The Labute approximate surface area is 635 Å². The number of carboxylic acids is 1. The zero-order valence-electron chi connectivity index (χ0n) is 67.4. The van der Waals surface area contributed by atoms with E-state index >= 15 is 0 Å². The minimum atomic E-state index is -1.52. The van der Waals surface area contributed by atoms with Crippen molar-refractivity contribution in [3.8, 4) is 0 Å². The van der Waals surface area contributed by atoms with Crippen LogP contribution in [0.3, 0.4) is 0 Å². The van der Waals surface area contributed by atoms with Gasteiger partial charge < -0.3 is 28.5 Å². The van der Waals surface area contributed by atoms with Gasteiger partial charge in [-0.05, 0) is 128 Å². The molecule has 103 heavy (non-hydrogen) atoms. The van der Waals surface area contributed by atoms with Crippen LogP contribution in [0.2, 0.25) is 0 Å². The number of quaternary nitrogens is 1. The van der Waals surface area contributed by atoms with E-state index in [2.05, 4.69) is 172 Å². The summed E-state index contributed by atoms with van der Waals surface area (Å²) in [6, 6.07) is 0. The van der Waals surface area contributed by atoms with Crippen molar-refractivity contribution in [2.45, 2.75) is 373 Å². The minimum absolute atomic E-state index is 0.179. The Hall–Kier alpha value is -5.09. The van der Waals surface area contributed by atoms with E-state index in [0.717, 1.165) is 135 Å². The van der Waals surface area contributed by atoms with Crippen molar-refractivity contribution in [1.82, 2.24) is 0 Å². The fourth-order valence-corrected chi connectivity index (χ4v) is 11.8. The summed E-state index contributed by atoms with van der Waals surface area (Å²) in [6.07, 6.45) is 120. The van der Waals surface area contributed by atoms with Crippen molar-refractivity contribution in [2.75, 3.05) is 47.5 Å². The van der Waals surface area contributed by atoms with Crippen LogP contribution < -0.4 is 0 Å². The van der Waals surface area contributed by atoms with Gasteiger partial charge in [-0.15, -0.1) is 0 Å². The molecule has 0 aliphatic carbocycles. The van der Waals surface area contributed by atoms with E-state index in [9.17, 15) is 19.5 Å². The van der Waals surface area contributed by atoms with Crippen LogP contribution in [0.4, 0.5) is 0 Å². The molecule has 0 saturated heterocycles. The third-order valence-electron chi connectivity index (χ3n) is 18.3. The highest BCUT2D eigenvalue weighted by molar-refractivity contribution is 5.71. The summed E-state index contributed by atoms with van der Waals surface area (Å²) >= 11 is 0. The maximum absolute atomic E-state index is 13.0. The number of hydrogen-bond acceptors (Lipinski definition) is 7. The van der Waals surface area contributed by atoms with Crippen LogP contribution in [-0.2, 0) is 33.3 Å². The second-order valence-electron chi connectivity index (χ2n) is 29.4. The summed E-state index contributed by atoms with van der Waals surface area (Å²) in [5.74, 6) is -2.02. The summed E-state index contributed by atoms with van der Waals surface area (Å²) in [7, 11) is 5.98. The van der Waals surface area contributed by atoms with Crippen molar-refractivity contribution in [3.63, 3.8) is 0 Å². The van der Waals surface area contributed by atoms with Crippen molar-refractivity contribution in [3.05, 3.63) is 158 Å². The van der Waals surface area contributed by atoms with E-state index in [1.165, 1.54) is 193 Å². The van der Waals surface area contributed by atoms with E-state index in [-0.39, 0.29) is 32.2 Å². The van der Waals surface area contributed by atoms with E-state index in [1.54, 1.807) is 0 Å². The van der Waals surface area contributed by atoms with E-state index < -0.39 is 24.3 Å². The van der Waals surface area contributed by atoms with Crippen molar-refractivity contribution in [2.24, 2.45) is 0 Å². The number of unbranched alkanes of at least 4 members (excludes halogenated alkanes) is 37. The average Bonchev–Trinajstić information content (AvgIpc) is 1.16. The predicted molar refractivity (Wildman–Crippen MR) is 447 cm³/mol. The first-order valence-electron chi connectivity index (χ1n) is 42.6. The third-order valence-corrected chi connectivity index (χ3v) is 18.3. The lowest BCUT2D eigenvalue weighted by atomic mass is 10.0. The topological polar surface area (TPSA) is 108 Å². The lowest BCUT2D eigenvalue weighted by Crippen LogP contribution is -2.40. The Bertz CT molecular complexity index is 2270. The maximum atomic E-state index is 13.0. The number of likely N-dealkylation sites (N-methyl/N-ethyl adjacent to an activating group) is 1. The molecule has 0 bridgehead atoms. The Morgan fingerprint density at radius 1 is 0.301 bits per heavy atom. The van der Waals surface area contributed by atoms with Crippen LogP contribution in [0.15, 0.2) is 158 Å². The zero-order valence-corrected chi connectivity index (χ0v) is 67.4. The molecule has 0 amide bonds. The molecule has 0 aromatic carbocycles. The number of ether oxygens (including phenoxy) is 4. The summed E-state index contributed by atoms with van der Waals surface area (Å²) < 4.78 is 23.0. The predicted octanol–water partition coefficient (Wildman–Crippen LogP) is 27.9. The van der Waals surface area contributed by atoms with Crippen LogP contribution in [0.25, 0.3) is 0 Å². The van der Waals surface area contributed by atoms with Crippen LogP contribution >= 0.6 is 0 Å². The molecule has 2 unspecified atom stereocenters. The first-order chi connectivity index (χ1) is 50.6. The van der Waals surface area contributed by atoms with Crippen LogP contribution in [0, 0.1) is 0 Å². The first kappa shape index (κ1) is 97.9. The molecule has 1 N–H and O–H groups in total. The molecule has 0 heterocycles. The van der Waals surface area contributed by atoms with Gasteiger partial charge in [-0.25, -0.2) is 4.79 Å². The average molecular weight is 1430 g/mol. The van der Waals surface area contributed by atoms with E-state index in [4.69, 9.17) is 18.9 Å². The summed E-state index contributed by atoms with van der Waals surface area (Å²) in [6.45, 7) is 4.75. The Morgan fingerprint density at radius 2 is 0.553 bits per heavy atom. The number of aliphatic carboxylic acids is 1. The van der Waals surface area contributed by atoms with Gasteiger partial charge in [0.1, 0.15) is 13.2 Å². The van der Waals surface area contributed by atoms with E-state index in [1.807, 2.05) is 21.1 Å². The number of hydrogen-bond donors (Lipinski definition) is 1. The van der Waals surface area contributed by atoms with Crippen LogP contribution in [0.5, 0.6) is 0 Å². The van der Waals surface area contributed by atoms with Crippen LogP contribution in [-0.4, -0.2) is 87.4 Å². The lowest BCUT2D eigenvalue weighted by Gasteiger charge is -2.25. The van der Waals surface area contributed by atoms with Crippen LogP contribution in [0.1, 0.15) is 361 Å². The molecule has 0 aromatic heterocycles. The van der Waals surface area contributed by atoms with Crippen molar-refractivity contribution < 1.29 is 42.9 Å². The maximum Gasteiger partial charge on any atom is 0.361 e. The number of rotatable bonds is 78. The molecule has 0 fully saturated rings. The normalized spacial score (nSPS) is 13.4. The second-order valence-corrected chi connectivity index (χ2v) is 29.4. The molecule has 0 spiro atoms. The highest BCUT2D eigenvalue weighted by Gasteiger charge is 2.25. The molecule has 0 aliphatic rings. The molecule has 0 rings (SSSR count). The fraction of sp³-hybridized carbons (Fsp3) is 0.691. The highest BCUT2D eigenvalue weighted by Crippen LogP contribution is 2.19. The molecule has 0 aliphatic heterocycles. The Morgan fingerprint density at radius 3 is 0.825 bits per heavy atom. The van der Waals surface area contributed by atoms with Crippen molar-refractivity contribution >= 4 is 17.9 Å². The third kappa shape index (κ3) is 84.1. The van der Waals surface area contributed by atoms with Gasteiger partial charge in [-0.2, -0.15) is 0 Å². The summed E-state index contributed by atoms with van der Waals surface area (Å²) in [5, 5.41) is 9.78. The molecule has 9 nitrogen and oxygen atoms in total. The van der Waals surface area contributed by atoms with Gasteiger partial charge >= 0.3 is 17.9 Å². The number of esters is 2. The number of carboxylic acid groups (broad SMARTS) is 1. The molecule has 9 heteroatoms. The van der Waals surface area contributed by atoms with Crippen molar-refractivity contribution in [1.29, 1.82) is 0 Å². The standard InChI is InChI=1S/C94H159NO8/c1-6-8-10-12-14-16-18-20-22-24-26-28-30-32-34-36-38-40-42-44-45-46-47-49-50-52-54-56-58-60-62-64-66-68-70-72-74-76-78-80-82-84-91(96)101-88-90(89-102-94(93(98)99)100-87-86-95(3,4)5)103-92(97)85-83-81-79-77-75-73-71-69-67-65-63-61-59-57-55-53-51-48-43-41-39-37-35-33-31-29-27-25-23-21-19-17-15-13-11-9-7-2/h9,11,15,17-18,20-21,23-24,26-27,29-30,32-33,35,39,41,48,51,55,57,61,63,67,69,90,94H,6-8,10,12-14,16,19,22,25,28,31,34,36-38,40,42-47,49-50,52-54,56,58-60,62,64-66,68,70-89H2,1-5H3/p+1/b11-9-,17-15-,20-18-,23-21-,26-24-,29-27-,32-30-,35-33-,41-39-,51-48-,57-55-,63-61-,69-67-. The summed E-state index contributed by atoms with van der Waals surface area (Å²) in [5.41, 5.74) is 0. The molecule has 2 atom stereocenters. The first-order valence-corrected chi connectivity index (χ1v) is 42.6. The largest absolute Gasteiger partial charge is 0.477 e. The fourth-order valence-electron chi connectivity index (χ4n) is 11.8. The molecule has 0 saturated carbocycles. The van der Waals surface area contributed by atoms with E-state index in [0.29, 0.717) is 23.9 Å². The van der Waals surface area contributed by atoms with Gasteiger partial charge in [0.2, 0.25) is 0 Å². The number of carbonyl (C=O) groups excluding carboxylic acids is 2. The van der Waals surface area contributed by atoms with Gasteiger partial charge in [0.15, 0.2) is 6.10 Å². The quantitative estimate of drug-likeness (QED) is 0.0211. The number of nitrogens with zero attached hydrogens (tertiary/aromatic N) is 1. The lowest BCUT2D eigenvalue weighted by molar-refractivity contribution is -0.870. The smallest absolute Gasteiger partial charge is 0.361 e.